The first kappa shape index (κ1) is 26.8. The van der Waals surface area contributed by atoms with E-state index in [0.717, 1.165) is 6.07 Å². The van der Waals surface area contributed by atoms with Crippen LogP contribution in [0.2, 0.25) is 0 Å². The summed E-state index contributed by atoms with van der Waals surface area (Å²) in [5.74, 6) is -2.19. The highest BCUT2D eigenvalue weighted by Gasteiger charge is 2.34. The number of sulfonamides is 1. The van der Waals surface area contributed by atoms with E-state index in [1.54, 1.807) is 45.0 Å². The Morgan fingerprint density at radius 3 is 2.53 bits per heavy atom. The van der Waals surface area contributed by atoms with E-state index in [2.05, 4.69) is 15.7 Å². The number of carbonyl (C=O) groups excluding carboxylic acids is 2. The number of carbonyl (C=O) groups is 2. The van der Waals surface area contributed by atoms with Crippen LogP contribution in [0.1, 0.15) is 42.4 Å². The van der Waals surface area contributed by atoms with Crippen molar-refractivity contribution in [3.63, 3.8) is 0 Å². The number of hydrogen-bond donors (Lipinski definition) is 3. The second kappa shape index (κ2) is 10.4. The second-order valence-corrected chi connectivity index (χ2v) is 11.1. The average Bonchev–Trinajstić information content (AvgIpc) is 3.15. The van der Waals surface area contributed by atoms with Gasteiger partial charge in [-0.3, -0.25) is 14.3 Å². The number of nitrogens with one attached hydrogen (secondary N) is 2. The summed E-state index contributed by atoms with van der Waals surface area (Å²) in [6.07, 6.45) is 0. The molecule has 0 aliphatic carbocycles. The number of amides is 2. The van der Waals surface area contributed by atoms with Crippen LogP contribution in [0.25, 0.3) is 10.9 Å². The third kappa shape index (κ3) is 6.44. The van der Waals surface area contributed by atoms with Crippen LogP contribution >= 0.6 is 0 Å². The molecule has 3 aromatic rings. The lowest BCUT2D eigenvalue weighted by Gasteiger charge is -2.30. The maximum atomic E-state index is 14.5. The molecule has 0 bridgehead atoms. The molecule has 190 valence electrons. The van der Waals surface area contributed by atoms with E-state index in [0.29, 0.717) is 10.9 Å². The number of aromatic nitrogens is 2. The quantitative estimate of drug-likeness (QED) is 0.414. The molecule has 36 heavy (non-hydrogen) atoms. The van der Waals surface area contributed by atoms with Crippen molar-refractivity contribution in [2.45, 2.75) is 33.4 Å². The summed E-state index contributed by atoms with van der Waals surface area (Å²) in [6.45, 7) is 5.07. The van der Waals surface area contributed by atoms with Gasteiger partial charge in [0, 0.05) is 17.5 Å². The monoisotopic (exact) mass is 514 g/mol. The zero-order valence-electron chi connectivity index (χ0n) is 20.1. The number of nitrogens with two attached hydrogens (primary N) is 1. The molecule has 0 spiro atoms. The molecular formula is C24H27FN6O4S. The number of para-hydroxylation sites is 1. The first-order valence-electron chi connectivity index (χ1n) is 11.0. The summed E-state index contributed by atoms with van der Waals surface area (Å²) in [7, 11) is -3.76. The van der Waals surface area contributed by atoms with Crippen molar-refractivity contribution >= 4 is 32.7 Å². The van der Waals surface area contributed by atoms with Gasteiger partial charge in [0.1, 0.15) is 11.9 Å². The Morgan fingerprint density at radius 1 is 1.22 bits per heavy atom. The van der Waals surface area contributed by atoms with E-state index >= 15 is 0 Å². The van der Waals surface area contributed by atoms with Crippen molar-refractivity contribution in [3.8, 4) is 6.07 Å². The molecule has 0 radical (unpaired) electrons. The number of nitriles is 1. The van der Waals surface area contributed by atoms with E-state index in [1.807, 2.05) is 6.07 Å². The van der Waals surface area contributed by atoms with Gasteiger partial charge in [0.2, 0.25) is 15.9 Å². The molecule has 1 aromatic heterocycles. The topological polar surface area (TPSA) is 160 Å². The Kier molecular flexibility index (Phi) is 7.76. The number of rotatable bonds is 8. The molecule has 0 aliphatic rings. The van der Waals surface area contributed by atoms with Crippen LogP contribution in [-0.2, 0) is 21.4 Å². The Labute approximate surface area is 208 Å². The lowest BCUT2D eigenvalue weighted by atomic mass is 9.86. The van der Waals surface area contributed by atoms with Crippen LogP contribution in [-0.4, -0.2) is 48.4 Å². The van der Waals surface area contributed by atoms with Crippen LogP contribution in [0, 0.1) is 22.6 Å². The summed E-state index contributed by atoms with van der Waals surface area (Å²) in [4.78, 5) is 26.1. The maximum absolute atomic E-state index is 14.5. The van der Waals surface area contributed by atoms with Crippen LogP contribution in [0.3, 0.4) is 0 Å². The Bertz CT molecular complexity index is 1450. The number of nitrogens with zero attached hydrogens (tertiary/aromatic N) is 3. The van der Waals surface area contributed by atoms with Crippen molar-refractivity contribution in [3.05, 3.63) is 65.1 Å². The summed E-state index contributed by atoms with van der Waals surface area (Å²) in [6, 6.07) is 11.9. The summed E-state index contributed by atoms with van der Waals surface area (Å²) in [5.41, 5.74) is 0.390. The largest absolute Gasteiger partial charge is 0.353 e. The van der Waals surface area contributed by atoms with Gasteiger partial charge >= 0.3 is 0 Å². The first-order chi connectivity index (χ1) is 16.8. The zero-order chi connectivity index (χ0) is 26.7. The molecular weight excluding hydrogens is 487 g/mol. The fraction of sp³-hybridized carbons (Fsp3) is 0.333. The van der Waals surface area contributed by atoms with Crippen molar-refractivity contribution in [1.82, 2.24) is 20.4 Å². The highest BCUT2D eigenvalue weighted by molar-refractivity contribution is 7.89. The number of primary sulfonamides is 1. The summed E-state index contributed by atoms with van der Waals surface area (Å²) < 4.78 is 38.3. The van der Waals surface area contributed by atoms with Gasteiger partial charge in [0.15, 0.2) is 5.69 Å². The van der Waals surface area contributed by atoms with Crippen molar-refractivity contribution in [1.29, 1.82) is 5.26 Å². The van der Waals surface area contributed by atoms with Gasteiger partial charge in [-0.05, 0) is 23.6 Å². The fourth-order valence-electron chi connectivity index (χ4n) is 3.62. The van der Waals surface area contributed by atoms with Crippen LogP contribution < -0.4 is 15.8 Å². The first-order valence-corrected chi connectivity index (χ1v) is 12.7. The van der Waals surface area contributed by atoms with Gasteiger partial charge in [-0.2, -0.15) is 10.4 Å². The van der Waals surface area contributed by atoms with Gasteiger partial charge in [-0.15, -0.1) is 0 Å². The van der Waals surface area contributed by atoms with Crippen molar-refractivity contribution < 1.29 is 22.4 Å². The lowest BCUT2D eigenvalue weighted by molar-refractivity contribution is -0.125. The fourth-order valence-corrected chi connectivity index (χ4v) is 4.00. The van der Waals surface area contributed by atoms with E-state index in [9.17, 15) is 22.4 Å². The minimum absolute atomic E-state index is 0.0160. The van der Waals surface area contributed by atoms with E-state index in [-0.39, 0.29) is 29.9 Å². The summed E-state index contributed by atoms with van der Waals surface area (Å²) >= 11 is 0. The molecule has 0 fully saturated rings. The SMILES string of the molecule is CC(C)(C)[C@H](NC(=O)c1nn(Cc2ccc(C#N)cc2F)c2ccccc12)C(=O)NCCS(N)(=O)=O. The Balaban J connectivity index is 1.89. The maximum Gasteiger partial charge on any atom is 0.273 e. The molecule has 2 aromatic carbocycles. The third-order valence-electron chi connectivity index (χ3n) is 5.46. The minimum Gasteiger partial charge on any atom is -0.353 e. The Morgan fingerprint density at radius 2 is 1.92 bits per heavy atom. The molecule has 1 atom stereocenters. The van der Waals surface area contributed by atoms with Gasteiger partial charge in [0.25, 0.3) is 5.91 Å². The number of hydrogen-bond acceptors (Lipinski definition) is 6. The summed E-state index contributed by atoms with van der Waals surface area (Å²) in [5, 5.41) is 24.0. The van der Waals surface area contributed by atoms with E-state index < -0.39 is 44.9 Å². The van der Waals surface area contributed by atoms with Crippen LogP contribution in [0.15, 0.2) is 42.5 Å². The predicted molar refractivity (Wildman–Crippen MR) is 132 cm³/mol. The Hall–Kier alpha value is -3.82. The molecule has 1 heterocycles. The zero-order valence-corrected chi connectivity index (χ0v) is 20.9. The molecule has 0 aliphatic heterocycles. The third-order valence-corrected chi connectivity index (χ3v) is 6.24. The van der Waals surface area contributed by atoms with Gasteiger partial charge in [-0.1, -0.05) is 45.0 Å². The average molecular weight is 515 g/mol. The van der Waals surface area contributed by atoms with Gasteiger partial charge in [0.05, 0.1) is 29.4 Å². The normalized spacial score (nSPS) is 12.7. The second-order valence-electron chi connectivity index (χ2n) is 9.37. The van der Waals surface area contributed by atoms with Crippen LogP contribution in [0.4, 0.5) is 4.39 Å². The van der Waals surface area contributed by atoms with Crippen molar-refractivity contribution in [2.24, 2.45) is 10.6 Å². The van der Waals surface area contributed by atoms with E-state index in [1.165, 1.54) is 16.8 Å². The predicted octanol–water partition coefficient (Wildman–Crippen LogP) is 1.64. The van der Waals surface area contributed by atoms with Crippen molar-refractivity contribution in [2.75, 3.05) is 12.3 Å². The smallest absolute Gasteiger partial charge is 0.273 e. The molecule has 12 heteroatoms. The standard InChI is InChI=1S/C24H27FN6O4S/c1-24(2,3)21(23(33)28-10-11-36(27,34)35)29-22(32)20-17-6-4-5-7-19(17)31(30-20)14-16-9-8-15(13-26)12-18(16)25/h4-9,12,21H,10-11,14H2,1-3H3,(H,28,33)(H,29,32)(H2,27,34,35)/t21-/m1/s1. The molecule has 4 N–H and O–H groups in total. The minimum atomic E-state index is -3.76. The highest BCUT2D eigenvalue weighted by atomic mass is 32.2. The van der Waals surface area contributed by atoms with E-state index in [4.69, 9.17) is 10.4 Å². The molecule has 2 amide bonds. The number of fused-ring (bicyclic) bond motifs is 1. The number of halogens is 1. The van der Waals surface area contributed by atoms with Gasteiger partial charge < -0.3 is 10.6 Å². The highest BCUT2D eigenvalue weighted by Crippen LogP contribution is 2.23. The number of benzene rings is 2. The molecule has 0 unspecified atom stereocenters. The molecule has 0 saturated carbocycles. The molecule has 10 nitrogen and oxygen atoms in total. The molecule has 3 rings (SSSR count). The lowest BCUT2D eigenvalue weighted by Crippen LogP contribution is -2.54. The van der Waals surface area contributed by atoms with Gasteiger partial charge in [-0.25, -0.2) is 17.9 Å². The van der Waals surface area contributed by atoms with Crippen LogP contribution in [0.5, 0.6) is 0 Å². The molecule has 0 saturated heterocycles.